The Balaban J connectivity index is 1.58. The minimum absolute atomic E-state index is 0.185. The molecule has 1 aliphatic rings. The second-order valence-corrected chi connectivity index (χ2v) is 5.83. The zero-order chi connectivity index (χ0) is 16.5. The predicted octanol–water partition coefficient (Wildman–Crippen LogP) is 1.88. The molecule has 4 rings (SSSR count). The molecule has 0 unspecified atom stereocenters. The Morgan fingerprint density at radius 3 is 2.88 bits per heavy atom. The normalized spacial score (nSPS) is 14.5. The van der Waals surface area contributed by atoms with Crippen molar-refractivity contribution in [1.29, 1.82) is 0 Å². The zero-order valence-electron chi connectivity index (χ0n) is 13.3. The molecule has 0 amide bonds. The number of para-hydroxylation sites is 1. The summed E-state index contributed by atoms with van der Waals surface area (Å²) in [6.45, 7) is 0.202. The molecular weight excluding hydrogens is 310 g/mol. The van der Waals surface area contributed by atoms with Crippen molar-refractivity contribution in [3.8, 4) is 17.0 Å². The van der Waals surface area contributed by atoms with Crippen molar-refractivity contribution in [3.05, 3.63) is 46.6 Å². The van der Waals surface area contributed by atoms with E-state index in [-0.39, 0.29) is 18.3 Å². The summed E-state index contributed by atoms with van der Waals surface area (Å²) in [5.74, 6) is 1.25. The third kappa shape index (κ3) is 2.49. The van der Waals surface area contributed by atoms with Gasteiger partial charge >= 0.3 is 5.69 Å². The van der Waals surface area contributed by atoms with Crippen LogP contribution >= 0.6 is 0 Å². The molecule has 0 N–H and O–H groups in total. The minimum atomic E-state index is -0.213. The van der Waals surface area contributed by atoms with Gasteiger partial charge in [0.2, 0.25) is 0 Å². The smallest absolute Gasteiger partial charge is 0.364 e. The van der Waals surface area contributed by atoms with Gasteiger partial charge in [0.15, 0.2) is 5.76 Å². The van der Waals surface area contributed by atoms with Gasteiger partial charge in [0.25, 0.3) is 0 Å². The number of methoxy groups -OCH3 is 1. The van der Waals surface area contributed by atoms with E-state index in [1.807, 2.05) is 24.3 Å². The van der Waals surface area contributed by atoms with Crippen molar-refractivity contribution in [2.45, 2.75) is 31.8 Å². The van der Waals surface area contributed by atoms with Crippen molar-refractivity contribution in [1.82, 2.24) is 24.9 Å². The summed E-state index contributed by atoms with van der Waals surface area (Å²) in [6, 6.07) is 9.53. The highest BCUT2D eigenvalue weighted by atomic mass is 16.5. The van der Waals surface area contributed by atoms with Crippen molar-refractivity contribution in [2.24, 2.45) is 0 Å². The van der Waals surface area contributed by atoms with Gasteiger partial charge in [-0.2, -0.15) is 9.36 Å². The molecule has 0 spiro atoms. The van der Waals surface area contributed by atoms with E-state index in [0.29, 0.717) is 17.2 Å². The monoisotopic (exact) mass is 327 g/mol. The zero-order valence-corrected chi connectivity index (χ0v) is 13.3. The summed E-state index contributed by atoms with van der Waals surface area (Å²) in [5.41, 5.74) is 1.28. The summed E-state index contributed by atoms with van der Waals surface area (Å²) in [5, 5.41) is 12.0. The molecule has 2 aromatic heterocycles. The molecule has 3 aromatic rings. The lowest BCUT2D eigenvalue weighted by molar-refractivity contribution is 0.277. The molecule has 124 valence electrons. The van der Waals surface area contributed by atoms with Gasteiger partial charge < -0.3 is 9.26 Å². The van der Waals surface area contributed by atoms with Gasteiger partial charge in [-0.15, -0.1) is 0 Å². The number of hydrogen-bond acceptors (Lipinski definition) is 6. The molecular formula is C16H17N5O3. The SMILES string of the molecule is COc1ccccc1-c1cc(Cn2nnn(C3CCC3)c2=O)on1. The van der Waals surface area contributed by atoms with E-state index in [1.165, 1.54) is 9.36 Å². The average molecular weight is 327 g/mol. The van der Waals surface area contributed by atoms with Gasteiger partial charge in [0.1, 0.15) is 18.0 Å². The fourth-order valence-corrected chi connectivity index (χ4v) is 2.76. The Morgan fingerprint density at radius 2 is 2.12 bits per heavy atom. The van der Waals surface area contributed by atoms with Gasteiger partial charge in [-0.05, 0) is 41.8 Å². The van der Waals surface area contributed by atoms with Crippen LogP contribution in [0, 0.1) is 0 Å². The second-order valence-electron chi connectivity index (χ2n) is 5.83. The third-order valence-corrected chi connectivity index (χ3v) is 4.33. The second kappa shape index (κ2) is 5.95. The van der Waals surface area contributed by atoms with Gasteiger partial charge in [-0.3, -0.25) is 0 Å². The van der Waals surface area contributed by atoms with Gasteiger partial charge in [-0.25, -0.2) is 4.79 Å². The fourth-order valence-electron chi connectivity index (χ4n) is 2.76. The molecule has 0 aliphatic heterocycles. The van der Waals surface area contributed by atoms with Gasteiger partial charge in [0, 0.05) is 11.6 Å². The molecule has 8 heteroatoms. The van der Waals surface area contributed by atoms with E-state index in [9.17, 15) is 4.79 Å². The lowest BCUT2D eigenvalue weighted by Crippen LogP contribution is -2.31. The first-order valence-corrected chi connectivity index (χ1v) is 7.87. The topological polar surface area (TPSA) is 88.0 Å². The summed E-state index contributed by atoms with van der Waals surface area (Å²) >= 11 is 0. The van der Waals surface area contributed by atoms with Crippen LogP contribution in [0.4, 0.5) is 0 Å². The maximum absolute atomic E-state index is 12.3. The third-order valence-electron chi connectivity index (χ3n) is 4.33. The number of benzene rings is 1. The molecule has 8 nitrogen and oxygen atoms in total. The molecule has 2 heterocycles. The van der Waals surface area contributed by atoms with Crippen LogP contribution in [0.1, 0.15) is 31.1 Å². The number of aromatic nitrogens is 5. The largest absolute Gasteiger partial charge is 0.496 e. The lowest BCUT2D eigenvalue weighted by Gasteiger charge is -2.23. The Bertz CT molecular complexity index is 906. The highest BCUT2D eigenvalue weighted by Gasteiger charge is 2.24. The van der Waals surface area contributed by atoms with Crippen LogP contribution in [0.2, 0.25) is 0 Å². The molecule has 1 fully saturated rings. The maximum Gasteiger partial charge on any atom is 0.364 e. The number of tetrazole rings is 1. The molecule has 1 saturated carbocycles. The van der Waals surface area contributed by atoms with E-state index in [1.54, 1.807) is 13.2 Å². The Labute approximate surface area is 137 Å². The Hall–Kier alpha value is -2.90. The van der Waals surface area contributed by atoms with Gasteiger partial charge in [-0.1, -0.05) is 17.3 Å². The van der Waals surface area contributed by atoms with Crippen LogP contribution in [-0.2, 0) is 6.54 Å². The van der Waals surface area contributed by atoms with E-state index in [4.69, 9.17) is 9.26 Å². The number of rotatable bonds is 5. The summed E-state index contributed by atoms with van der Waals surface area (Å²) in [7, 11) is 1.61. The molecule has 1 aromatic carbocycles. The van der Waals surface area contributed by atoms with E-state index < -0.39 is 0 Å². The number of nitrogens with zero attached hydrogens (tertiary/aromatic N) is 5. The molecule has 0 saturated heterocycles. The van der Waals surface area contributed by atoms with Crippen LogP contribution in [0.25, 0.3) is 11.3 Å². The van der Waals surface area contributed by atoms with Crippen LogP contribution in [0.3, 0.4) is 0 Å². The van der Waals surface area contributed by atoms with Crippen molar-refractivity contribution >= 4 is 0 Å². The average Bonchev–Trinajstić information content (AvgIpc) is 3.16. The summed E-state index contributed by atoms with van der Waals surface area (Å²) in [6.07, 6.45) is 3.10. The van der Waals surface area contributed by atoms with E-state index in [2.05, 4.69) is 15.6 Å². The van der Waals surface area contributed by atoms with E-state index in [0.717, 1.165) is 24.8 Å². The van der Waals surface area contributed by atoms with Crippen LogP contribution in [0.5, 0.6) is 5.75 Å². The Kier molecular flexibility index (Phi) is 3.64. The predicted molar refractivity (Wildman–Crippen MR) is 84.8 cm³/mol. The standard InChI is InChI=1S/C16H17N5O3/c1-23-15-8-3-2-7-13(15)14-9-12(24-17-14)10-20-16(22)21(19-18-20)11-5-4-6-11/h2-3,7-9,11H,4-6,10H2,1H3. The first kappa shape index (κ1) is 14.7. The van der Waals surface area contributed by atoms with Gasteiger partial charge in [0.05, 0.1) is 13.2 Å². The van der Waals surface area contributed by atoms with Crippen molar-refractivity contribution in [3.63, 3.8) is 0 Å². The fraction of sp³-hybridized carbons (Fsp3) is 0.375. The quantitative estimate of drug-likeness (QED) is 0.711. The Morgan fingerprint density at radius 1 is 1.29 bits per heavy atom. The number of ether oxygens (including phenoxy) is 1. The molecule has 0 radical (unpaired) electrons. The van der Waals surface area contributed by atoms with Crippen LogP contribution in [-0.4, -0.2) is 32.1 Å². The highest BCUT2D eigenvalue weighted by Crippen LogP contribution is 2.30. The first-order chi connectivity index (χ1) is 11.8. The van der Waals surface area contributed by atoms with Crippen LogP contribution < -0.4 is 10.4 Å². The molecule has 1 aliphatic carbocycles. The first-order valence-electron chi connectivity index (χ1n) is 7.87. The lowest BCUT2D eigenvalue weighted by atomic mass is 9.93. The summed E-state index contributed by atoms with van der Waals surface area (Å²) in [4.78, 5) is 12.3. The van der Waals surface area contributed by atoms with Crippen molar-refractivity contribution < 1.29 is 9.26 Å². The number of hydrogen-bond donors (Lipinski definition) is 0. The minimum Gasteiger partial charge on any atom is -0.496 e. The molecule has 0 bridgehead atoms. The highest BCUT2D eigenvalue weighted by molar-refractivity contribution is 5.66. The summed E-state index contributed by atoms with van der Waals surface area (Å²) < 4.78 is 13.4. The molecule has 24 heavy (non-hydrogen) atoms. The molecule has 0 atom stereocenters. The van der Waals surface area contributed by atoms with Crippen molar-refractivity contribution in [2.75, 3.05) is 7.11 Å². The van der Waals surface area contributed by atoms with Crippen LogP contribution in [0.15, 0.2) is 39.6 Å². The maximum atomic E-state index is 12.3. The van der Waals surface area contributed by atoms with E-state index >= 15 is 0 Å².